The maximum absolute atomic E-state index is 12.7. The van der Waals surface area contributed by atoms with Gasteiger partial charge in [0.25, 0.3) is 5.91 Å². The molecule has 1 amide bonds. The highest BCUT2D eigenvalue weighted by Gasteiger charge is 2.16. The van der Waals surface area contributed by atoms with E-state index in [2.05, 4.69) is 38.3 Å². The van der Waals surface area contributed by atoms with Crippen molar-refractivity contribution in [3.63, 3.8) is 0 Å². The monoisotopic (exact) mass is 402 g/mol. The lowest BCUT2D eigenvalue weighted by Crippen LogP contribution is -2.29. The van der Waals surface area contributed by atoms with E-state index in [1.807, 2.05) is 25.1 Å². The summed E-state index contributed by atoms with van der Waals surface area (Å²) in [5, 5.41) is 2.96. The quantitative estimate of drug-likeness (QED) is 0.781. The Hall–Kier alpha value is -2.01. The number of aryl methyl sites for hydroxylation is 1. The number of carbonyl (C=O) groups is 1. The molecular weight excluding hydrogens is 380 g/mol. The van der Waals surface area contributed by atoms with Crippen LogP contribution in [0.5, 0.6) is 5.75 Å². The highest BCUT2D eigenvalue weighted by atomic mass is 79.9. The molecule has 3 rings (SSSR count). The molecule has 0 saturated carbocycles. The summed E-state index contributed by atoms with van der Waals surface area (Å²) < 4.78 is 6.26. The highest BCUT2D eigenvalue weighted by Crippen LogP contribution is 2.29. The Labute approximate surface area is 157 Å². The molecule has 0 aromatic heterocycles. The molecule has 132 valence electrons. The fourth-order valence-corrected chi connectivity index (χ4v) is 3.85. The van der Waals surface area contributed by atoms with Crippen LogP contribution in [0.4, 0.5) is 11.4 Å². The lowest BCUT2D eigenvalue weighted by Gasteiger charge is -2.28. The van der Waals surface area contributed by atoms with Gasteiger partial charge >= 0.3 is 0 Å². The minimum absolute atomic E-state index is 0.174. The van der Waals surface area contributed by atoms with Crippen molar-refractivity contribution >= 4 is 33.2 Å². The smallest absolute Gasteiger partial charge is 0.259 e. The normalized spacial score (nSPS) is 14.3. The van der Waals surface area contributed by atoms with Gasteiger partial charge < -0.3 is 15.0 Å². The molecule has 1 fully saturated rings. The number of hydrogen-bond acceptors (Lipinski definition) is 3. The minimum Gasteiger partial charge on any atom is -0.496 e. The van der Waals surface area contributed by atoms with E-state index in [-0.39, 0.29) is 5.91 Å². The molecule has 5 heteroatoms. The van der Waals surface area contributed by atoms with E-state index in [4.69, 9.17) is 4.74 Å². The van der Waals surface area contributed by atoms with E-state index in [0.717, 1.165) is 28.8 Å². The fraction of sp³-hybridized carbons (Fsp3) is 0.350. The number of hydrogen-bond donors (Lipinski definition) is 1. The molecule has 1 aliphatic heterocycles. The molecule has 0 spiro atoms. The van der Waals surface area contributed by atoms with Crippen LogP contribution >= 0.6 is 15.9 Å². The van der Waals surface area contributed by atoms with Crippen molar-refractivity contribution in [2.75, 3.05) is 30.4 Å². The lowest BCUT2D eigenvalue weighted by molar-refractivity contribution is 0.102. The van der Waals surface area contributed by atoms with Gasteiger partial charge in [-0.2, -0.15) is 0 Å². The van der Waals surface area contributed by atoms with Crippen molar-refractivity contribution in [1.29, 1.82) is 0 Å². The van der Waals surface area contributed by atoms with Crippen LogP contribution in [0.3, 0.4) is 0 Å². The number of nitrogens with one attached hydrogen (secondary N) is 1. The van der Waals surface area contributed by atoms with Crippen LogP contribution < -0.4 is 15.0 Å². The molecule has 0 radical (unpaired) electrons. The number of carbonyl (C=O) groups excluding carboxylic acids is 1. The predicted octanol–water partition coefficient (Wildman–Crippen LogP) is 5.01. The molecule has 0 atom stereocenters. The molecule has 0 unspecified atom stereocenters. The summed E-state index contributed by atoms with van der Waals surface area (Å²) in [6, 6.07) is 11.8. The second-order valence-electron chi connectivity index (χ2n) is 6.35. The van der Waals surface area contributed by atoms with E-state index in [0.29, 0.717) is 11.3 Å². The Kier molecular flexibility index (Phi) is 5.63. The Bertz CT molecular complexity index is 753. The molecule has 0 aliphatic carbocycles. The number of benzene rings is 2. The molecule has 1 aliphatic rings. The van der Waals surface area contributed by atoms with Crippen molar-refractivity contribution in [3.05, 3.63) is 52.0 Å². The zero-order valence-electron chi connectivity index (χ0n) is 14.6. The number of rotatable bonds is 4. The summed E-state index contributed by atoms with van der Waals surface area (Å²) in [5.41, 5.74) is 3.44. The second-order valence-corrected chi connectivity index (χ2v) is 7.27. The lowest BCUT2D eigenvalue weighted by atomic mass is 10.1. The maximum atomic E-state index is 12.7. The average molecular weight is 403 g/mol. The van der Waals surface area contributed by atoms with Crippen LogP contribution in [0.1, 0.15) is 35.2 Å². The largest absolute Gasteiger partial charge is 0.496 e. The summed E-state index contributed by atoms with van der Waals surface area (Å²) in [6.45, 7) is 4.15. The van der Waals surface area contributed by atoms with Gasteiger partial charge in [0.2, 0.25) is 0 Å². The van der Waals surface area contributed by atoms with Crippen LogP contribution in [0.2, 0.25) is 0 Å². The topological polar surface area (TPSA) is 41.6 Å². The van der Waals surface area contributed by atoms with Gasteiger partial charge in [0.1, 0.15) is 5.75 Å². The van der Waals surface area contributed by atoms with Gasteiger partial charge in [-0.3, -0.25) is 4.79 Å². The van der Waals surface area contributed by atoms with Crippen molar-refractivity contribution in [1.82, 2.24) is 0 Å². The molecule has 2 aromatic carbocycles. The number of methoxy groups -OCH3 is 1. The first kappa shape index (κ1) is 17.8. The zero-order valence-corrected chi connectivity index (χ0v) is 16.2. The van der Waals surface area contributed by atoms with E-state index < -0.39 is 0 Å². The van der Waals surface area contributed by atoms with Crippen molar-refractivity contribution in [2.45, 2.75) is 26.2 Å². The zero-order chi connectivity index (χ0) is 17.8. The van der Waals surface area contributed by atoms with E-state index in [1.54, 1.807) is 13.2 Å². The first-order valence-electron chi connectivity index (χ1n) is 8.59. The molecule has 2 aromatic rings. The number of anilines is 2. The third kappa shape index (κ3) is 4.15. The molecule has 1 saturated heterocycles. The molecule has 0 bridgehead atoms. The minimum atomic E-state index is -0.174. The molecule has 4 nitrogen and oxygen atoms in total. The number of amides is 1. The van der Waals surface area contributed by atoms with E-state index >= 15 is 0 Å². The van der Waals surface area contributed by atoms with E-state index in [1.165, 1.54) is 24.9 Å². The first-order valence-corrected chi connectivity index (χ1v) is 9.38. The van der Waals surface area contributed by atoms with Gasteiger partial charge in [-0.15, -0.1) is 0 Å². The van der Waals surface area contributed by atoms with Gasteiger partial charge in [-0.05, 0) is 68.1 Å². The number of nitrogens with zero attached hydrogens (tertiary/aromatic N) is 1. The molecule has 1 heterocycles. The summed E-state index contributed by atoms with van der Waals surface area (Å²) in [7, 11) is 1.58. The van der Waals surface area contributed by atoms with Crippen LogP contribution in [-0.4, -0.2) is 26.1 Å². The van der Waals surface area contributed by atoms with Crippen LogP contribution in [0.25, 0.3) is 0 Å². The van der Waals surface area contributed by atoms with Gasteiger partial charge in [0.05, 0.1) is 12.7 Å². The van der Waals surface area contributed by atoms with Gasteiger partial charge in [-0.1, -0.05) is 15.9 Å². The first-order chi connectivity index (χ1) is 12.1. The van der Waals surface area contributed by atoms with Crippen molar-refractivity contribution in [3.8, 4) is 5.75 Å². The second kappa shape index (κ2) is 7.91. The third-order valence-electron chi connectivity index (χ3n) is 4.53. The van der Waals surface area contributed by atoms with Crippen LogP contribution in [-0.2, 0) is 0 Å². The summed E-state index contributed by atoms with van der Waals surface area (Å²) >= 11 is 3.44. The SMILES string of the molecule is COc1c(C)cc(Br)cc1C(=O)Nc1ccc(N2CCCCC2)cc1. The molecule has 25 heavy (non-hydrogen) atoms. The number of piperidine rings is 1. The van der Waals surface area contributed by atoms with Crippen LogP contribution in [0.15, 0.2) is 40.9 Å². The number of halogens is 1. The van der Waals surface area contributed by atoms with E-state index in [9.17, 15) is 4.79 Å². The summed E-state index contributed by atoms with van der Waals surface area (Å²) in [6.07, 6.45) is 3.82. The Morgan fingerprint density at radius 1 is 1.12 bits per heavy atom. The maximum Gasteiger partial charge on any atom is 0.259 e. The average Bonchev–Trinajstić information content (AvgIpc) is 2.62. The van der Waals surface area contributed by atoms with Crippen LogP contribution in [0, 0.1) is 6.92 Å². The number of ether oxygens (including phenoxy) is 1. The molecular formula is C20H23BrN2O2. The van der Waals surface area contributed by atoms with Gasteiger partial charge in [0.15, 0.2) is 0 Å². The predicted molar refractivity (Wildman–Crippen MR) is 106 cm³/mol. The van der Waals surface area contributed by atoms with Crippen molar-refractivity contribution in [2.24, 2.45) is 0 Å². The Balaban J connectivity index is 1.75. The Morgan fingerprint density at radius 3 is 2.44 bits per heavy atom. The standard InChI is InChI=1S/C20H23BrN2O2/c1-14-12-15(21)13-18(19(14)25-2)20(24)22-16-6-8-17(9-7-16)23-10-4-3-5-11-23/h6-9,12-13H,3-5,10-11H2,1-2H3,(H,22,24). The van der Waals surface area contributed by atoms with Crippen molar-refractivity contribution < 1.29 is 9.53 Å². The van der Waals surface area contributed by atoms with Gasteiger partial charge in [0, 0.05) is 28.9 Å². The molecule has 1 N–H and O–H groups in total. The summed E-state index contributed by atoms with van der Waals surface area (Å²) in [4.78, 5) is 15.1. The highest BCUT2D eigenvalue weighted by molar-refractivity contribution is 9.10. The third-order valence-corrected chi connectivity index (χ3v) is 4.99. The summed E-state index contributed by atoms with van der Waals surface area (Å²) in [5.74, 6) is 0.428. The fourth-order valence-electron chi connectivity index (χ4n) is 3.28. The van der Waals surface area contributed by atoms with Gasteiger partial charge in [-0.25, -0.2) is 0 Å². The Morgan fingerprint density at radius 2 is 1.80 bits per heavy atom.